The quantitative estimate of drug-likeness (QED) is 0.304. The summed E-state index contributed by atoms with van der Waals surface area (Å²) in [5, 5.41) is 3.50. The van der Waals surface area contributed by atoms with Gasteiger partial charge in [0, 0.05) is 12.5 Å². The van der Waals surface area contributed by atoms with E-state index in [0.29, 0.717) is 29.4 Å². The summed E-state index contributed by atoms with van der Waals surface area (Å²) in [5.41, 5.74) is 13.8. The molecule has 208 valence electrons. The van der Waals surface area contributed by atoms with Gasteiger partial charge < -0.3 is 31.0 Å². The summed E-state index contributed by atoms with van der Waals surface area (Å²) in [4.78, 5) is 26.5. The topological polar surface area (TPSA) is 152 Å². The van der Waals surface area contributed by atoms with Crippen molar-refractivity contribution in [2.45, 2.75) is 63.1 Å². The number of aromatic nitrogens is 4. The number of nitrogens with one attached hydrogen (secondary N) is 1. The van der Waals surface area contributed by atoms with Crippen LogP contribution in [0.3, 0.4) is 0 Å². The Morgan fingerprint density at radius 2 is 1.65 bits per heavy atom. The normalized spacial score (nSPS) is 25.4. The van der Waals surface area contributed by atoms with Crippen molar-refractivity contribution in [3.05, 3.63) is 83.9 Å². The van der Waals surface area contributed by atoms with Gasteiger partial charge in [-0.3, -0.25) is 9.36 Å². The second-order valence-corrected chi connectivity index (χ2v) is 10.8. The van der Waals surface area contributed by atoms with E-state index in [1.54, 1.807) is 31.7 Å². The molecule has 4 aromatic rings. The van der Waals surface area contributed by atoms with Gasteiger partial charge in [0.1, 0.15) is 18.0 Å². The van der Waals surface area contributed by atoms with E-state index in [0.717, 1.165) is 0 Å². The molecule has 2 fully saturated rings. The molecule has 40 heavy (non-hydrogen) atoms. The van der Waals surface area contributed by atoms with Crippen molar-refractivity contribution in [1.82, 2.24) is 19.5 Å². The zero-order chi connectivity index (χ0) is 28.1. The number of nitrogens with two attached hydrogens (primary N) is 2. The number of nitrogens with zero attached hydrogens (tertiary/aromatic N) is 4. The third kappa shape index (κ3) is 4.50. The molecule has 2 aliphatic heterocycles. The molecule has 6 rings (SSSR count). The molecule has 0 bridgehead atoms. The van der Waals surface area contributed by atoms with Crippen molar-refractivity contribution in [3.8, 4) is 0 Å². The molecule has 0 unspecified atom stereocenters. The number of hydrogen-bond acceptors (Lipinski definition) is 9. The molecular weight excluding hydrogens is 510 g/mol. The minimum Gasteiger partial charge on any atom is -0.367 e. The third-order valence-electron chi connectivity index (χ3n) is 7.61. The molecule has 11 nitrogen and oxygen atoms in total. The molecule has 0 aliphatic carbocycles. The predicted octanol–water partition coefficient (Wildman–Crippen LogP) is 2.82. The van der Waals surface area contributed by atoms with Crippen LogP contribution < -0.4 is 16.8 Å². The Balaban J connectivity index is 1.37. The van der Waals surface area contributed by atoms with Crippen molar-refractivity contribution < 1.29 is 19.0 Å². The molecule has 0 radical (unpaired) electrons. The number of hydrogen-bond donors (Lipinski definition) is 3. The fourth-order valence-corrected chi connectivity index (χ4v) is 5.58. The summed E-state index contributed by atoms with van der Waals surface area (Å²) in [7, 11) is 0. The Morgan fingerprint density at radius 1 is 1.00 bits per heavy atom. The predicted molar refractivity (Wildman–Crippen MR) is 148 cm³/mol. The number of benzene rings is 2. The summed E-state index contributed by atoms with van der Waals surface area (Å²) in [6, 6.07) is 20.6. The average Bonchev–Trinajstić information content (AvgIpc) is 3.60. The lowest BCUT2D eigenvalue weighted by Gasteiger charge is -2.29. The van der Waals surface area contributed by atoms with Gasteiger partial charge >= 0.3 is 0 Å². The first-order valence-corrected chi connectivity index (χ1v) is 13.3. The number of carbonyl (C=O) groups is 1. The standard InChI is InChI=1S/C29H33N7O4/c1-28(2)38-22-23(39-28)29(3,27(31)37)40-26(22)36-16-33-21-24(34-20(14-30)35-25(21)36)32-15-19(17-10-6-4-7-11-17)18-12-8-5-9-13-18/h4-13,16,19,22-23,26H,14-15,30H2,1-3H3,(H2,31,37)(H,32,34,35)/t22-,23+,26-,29+/m1/s1. The van der Waals surface area contributed by atoms with Gasteiger partial charge in [-0.2, -0.15) is 0 Å². The summed E-state index contributed by atoms with van der Waals surface area (Å²) in [5.74, 6) is -0.500. The molecule has 5 N–H and O–H groups in total. The van der Waals surface area contributed by atoms with Gasteiger partial charge in [-0.25, -0.2) is 15.0 Å². The van der Waals surface area contributed by atoms with E-state index in [9.17, 15) is 4.79 Å². The van der Waals surface area contributed by atoms with Crippen LogP contribution in [0.1, 0.15) is 49.9 Å². The highest BCUT2D eigenvalue weighted by molar-refractivity contribution is 5.85. The largest absolute Gasteiger partial charge is 0.367 e. The van der Waals surface area contributed by atoms with Crippen LogP contribution in [-0.4, -0.2) is 55.6 Å². The van der Waals surface area contributed by atoms with Crippen LogP contribution in [-0.2, 0) is 25.5 Å². The highest BCUT2D eigenvalue weighted by Gasteiger charge is 2.64. The number of ether oxygens (including phenoxy) is 3. The Bertz CT molecular complexity index is 1490. The fraction of sp³-hybridized carbons (Fsp3) is 0.379. The highest BCUT2D eigenvalue weighted by atomic mass is 16.8. The van der Waals surface area contributed by atoms with Gasteiger partial charge in [0.05, 0.1) is 12.9 Å². The van der Waals surface area contributed by atoms with Crippen LogP contribution in [0.15, 0.2) is 67.0 Å². The lowest BCUT2D eigenvalue weighted by molar-refractivity contribution is -0.214. The van der Waals surface area contributed by atoms with Crippen LogP contribution in [0.5, 0.6) is 0 Å². The lowest BCUT2D eigenvalue weighted by Crippen LogP contribution is -2.51. The van der Waals surface area contributed by atoms with E-state index in [4.69, 9.17) is 25.7 Å². The molecule has 4 heterocycles. The van der Waals surface area contributed by atoms with Crippen molar-refractivity contribution in [3.63, 3.8) is 0 Å². The molecule has 11 heteroatoms. The summed E-state index contributed by atoms with van der Waals surface area (Å²) < 4.78 is 20.2. The van der Waals surface area contributed by atoms with Crippen LogP contribution >= 0.6 is 0 Å². The van der Waals surface area contributed by atoms with E-state index in [1.807, 2.05) is 36.4 Å². The molecular formula is C29H33N7O4. The first-order chi connectivity index (χ1) is 19.2. The van der Waals surface area contributed by atoms with Crippen LogP contribution in [0, 0.1) is 0 Å². The minimum absolute atomic E-state index is 0.0669. The van der Waals surface area contributed by atoms with Gasteiger partial charge in [0.15, 0.2) is 34.6 Å². The van der Waals surface area contributed by atoms with E-state index < -0.39 is 35.7 Å². The molecule has 1 amide bonds. The zero-order valence-corrected chi connectivity index (χ0v) is 22.7. The molecule has 2 saturated heterocycles. The SMILES string of the molecule is CC1(C)O[C@H]2[C@H](n3cnc4c(NCC(c5ccccc5)c5ccccc5)nc(CN)nc43)O[C@](C)(C(N)=O)[C@H]2O1. The zero-order valence-electron chi connectivity index (χ0n) is 22.7. The first-order valence-electron chi connectivity index (χ1n) is 13.3. The van der Waals surface area contributed by atoms with Crippen molar-refractivity contribution in [2.75, 3.05) is 11.9 Å². The summed E-state index contributed by atoms with van der Waals surface area (Å²) >= 11 is 0. The van der Waals surface area contributed by atoms with Gasteiger partial charge in [0.25, 0.3) is 5.91 Å². The van der Waals surface area contributed by atoms with E-state index in [1.165, 1.54) is 11.1 Å². The van der Waals surface area contributed by atoms with Gasteiger partial charge in [-0.1, -0.05) is 60.7 Å². The van der Waals surface area contributed by atoms with Crippen LogP contribution in [0.2, 0.25) is 0 Å². The number of anilines is 1. The smallest absolute Gasteiger partial charge is 0.252 e. The van der Waals surface area contributed by atoms with Crippen LogP contribution in [0.4, 0.5) is 5.82 Å². The maximum atomic E-state index is 12.5. The van der Waals surface area contributed by atoms with Crippen molar-refractivity contribution in [2.24, 2.45) is 11.5 Å². The molecule has 2 aromatic heterocycles. The monoisotopic (exact) mass is 543 g/mol. The third-order valence-corrected chi connectivity index (χ3v) is 7.61. The van der Waals surface area contributed by atoms with Crippen LogP contribution in [0.25, 0.3) is 11.2 Å². The van der Waals surface area contributed by atoms with E-state index in [-0.39, 0.29) is 12.5 Å². The molecule has 4 atom stereocenters. The fourth-order valence-electron chi connectivity index (χ4n) is 5.58. The number of imidazole rings is 1. The Labute approximate surface area is 231 Å². The Hall–Kier alpha value is -3.90. The average molecular weight is 544 g/mol. The second kappa shape index (κ2) is 9.93. The number of amides is 1. The number of rotatable bonds is 8. The highest BCUT2D eigenvalue weighted by Crippen LogP contribution is 2.48. The lowest BCUT2D eigenvalue weighted by atomic mass is 9.91. The first kappa shape index (κ1) is 26.3. The van der Waals surface area contributed by atoms with Gasteiger partial charge in [0.2, 0.25) is 0 Å². The Morgan fingerprint density at radius 3 is 2.25 bits per heavy atom. The summed E-state index contributed by atoms with van der Waals surface area (Å²) in [6.07, 6.45) is -0.463. The van der Waals surface area contributed by atoms with Gasteiger partial charge in [-0.05, 0) is 31.9 Å². The molecule has 2 aromatic carbocycles. The van der Waals surface area contributed by atoms with Gasteiger partial charge in [-0.15, -0.1) is 0 Å². The maximum Gasteiger partial charge on any atom is 0.252 e. The number of fused-ring (bicyclic) bond motifs is 2. The number of primary amides is 1. The molecule has 2 aliphatic rings. The minimum atomic E-state index is -1.40. The van der Waals surface area contributed by atoms with Crippen molar-refractivity contribution in [1.29, 1.82) is 0 Å². The molecule has 0 spiro atoms. The summed E-state index contributed by atoms with van der Waals surface area (Å²) in [6.45, 7) is 5.90. The van der Waals surface area contributed by atoms with E-state index >= 15 is 0 Å². The number of carbonyl (C=O) groups excluding carboxylic acids is 1. The van der Waals surface area contributed by atoms with E-state index in [2.05, 4.69) is 44.5 Å². The maximum absolute atomic E-state index is 12.5. The second-order valence-electron chi connectivity index (χ2n) is 10.8. The Kier molecular flexibility index (Phi) is 6.54. The molecule has 0 saturated carbocycles. The van der Waals surface area contributed by atoms with Crippen molar-refractivity contribution >= 4 is 22.9 Å².